The molecule has 1 aliphatic carbocycles. The average Bonchev–Trinajstić information content (AvgIpc) is 3.09. The standard InChI is InChI=1S/C13H14N2O3/c14-6-10(15-9-1-2-9)7-16-11-3-4-12-13(5-11)18-8-17-12/h3-5,9-10,15H,1-2,7-8H2. The predicted molar refractivity (Wildman–Crippen MR) is 63.6 cm³/mol. The zero-order valence-corrected chi connectivity index (χ0v) is 9.89. The molecule has 0 amide bonds. The average molecular weight is 246 g/mol. The molecule has 0 aromatic heterocycles. The van der Waals surface area contributed by atoms with Gasteiger partial charge >= 0.3 is 0 Å². The van der Waals surface area contributed by atoms with Crippen LogP contribution in [0.5, 0.6) is 17.2 Å². The maximum atomic E-state index is 9.00. The quantitative estimate of drug-likeness (QED) is 0.851. The predicted octanol–water partition coefficient (Wildman–Crippen LogP) is 1.44. The molecule has 0 bridgehead atoms. The van der Waals surface area contributed by atoms with Crippen LogP contribution in [0, 0.1) is 11.3 Å². The Morgan fingerprint density at radius 2 is 2.22 bits per heavy atom. The van der Waals surface area contributed by atoms with Gasteiger partial charge in [0.1, 0.15) is 18.4 Å². The number of hydrogen-bond donors (Lipinski definition) is 1. The second-order valence-corrected chi connectivity index (χ2v) is 4.45. The van der Waals surface area contributed by atoms with E-state index in [0.29, 0.717) is 24.1 Å². The minimum Gasteiger partial charge on any atom is -0.491 e. The van der Waals surface area contributed by atoms with Crippen molar-refractivity contribution in [3.8, 4) is 23.3 Å². The molecule has 3 rings (SSSR count). The van der Waals surface area contributed by atoms with Crippen LogP contribution in [-0.4, -0.2) is 25.5 Å². The van der Waals surface area contributed by atoms with E-state index in [2.05, 4.69) is 11.4 Å². The maximum absolute atomic E-state index is 9.00. The van der Waals surface area contributed by atoms with Gasteiger partial charge in [-0.05, 0) is 25.0 Å². The molecule has 1 unspecified atom stereocenters. The number of nitrogens with zero attached hydrogens (tertiary/aromatic N) is 1. The lowest BCUT2D eigenvalue weighted by atomic mass is 10.3. The van der Waals surface area contributed by atoms with E-state index in [4.69, 9.17) is 19.5 Å². The first kappa shape index (κ1) is 11.2. The van der Waals surface area contributed by atoms with E-state index in [0.717, 1.165) is 18.6 Å². The Kier molecular flexibility index (Phi) is 2.95. The van der Waals surface area contributed by atoms with Crippen LogP contribution in [0.3, 0.4) is 0 Å². The Labute approximate surface area is 105 Å². The van der Waals surface area contributed by atoms with Gasteiger partial charge in [0, 0.05) is 12.1 Å². The molecule has 1 aromatic carbocycles. The van der Waals surface area contributed by atoms with Gasteiger partial charge in [0.15, 0.2) is 11.5 Å². The molecule has 1 aliphatic heterocycles. The van der Waals surface area contributed by atoms with Crippen molar-refractivity contribution < 1.29 is 14.2 Å². The highest BCUT2D eigenvalue weighted by atomic mass is 16.7. The number of fused-ring (bicyclic) bond motifs is 1. The topological polar surface area (TPSA) is 63.5 Å². The molecule has 0 spiro atoms. The SMILES string of the molecule is N#CC(COc1ccc2c(c1)OCO2)NC1CC1. The second kappa shape index (κ2) is 4.75. The highest BCUT2D eigenvalue weighted by Crippen LogP contribution is 2.35. The van der Waals surface area contributed by atoms with Crippen molar-refractivity contribution in [2.24, 2.45) is 0 Å². The Morgan fingerprint density at radius 1 is 1.39 bits per heavy atom. The van der Waals surface area contributed by atoms with Crippen LogP contribution in [0.2, 0.25) is 0 Å². The van der Waals surface area contributed by atoms with Crippen molar-refractivity contribution in [3.05, 3.63) is 18.2 Å². The summed E-state index contributed by atoms with van der Waals surface area (Å²) in [5, 5.41) is 12.2. The van der Waals surface area contributed by atoms with E-state index >= 15 is 0 Å². The summed E-state index contributed by atoms with van der Waals surface area (Å²) in [6.45, 7) is 0.593. The number of hydrogen-bond acceptors (Lipinski definition) is 5. The molecule has 1 N–H and O–H groups in total. The summed E-state index contributed by atoms with van der Waals surface area (Å²) in [4.78, 5) is 0. The van der Waals surface area contributed by atoms with Crippen LogP contribution in [-0.2, 0) is 0 Å². The van der Waals surface area contributed by atoms with Crippen molar-refractivity contribution >= 4 is 0 Å². The number of nitriles is 1. The lowest BCUT2D eigenvalue weighted by molar-refractivity contribution is 0.173. The first-order chi connectivity index (χ1) is 8.85. The molecule has 94 valence electrons. The molecule has 1 atom stereocenters. The van der Waals surface area contributed by atoms with Crippen LogP contribution in [0.25, 0.3) is 0 Å². The highest BCUT2D eigenvalue weighted by Gasteiger charge is 2.24. The molecule has 0 radical (unpaired) electrons. The minimum atomic E-state index is -0.261. The van der Waals surface area contributed by atoms with E-state index in [-0.39, 0.29) is 12.8 Å². The lowest BCUT2D eigenvalue weighted by Gasteiger charge is -2.12. The molecule has 1 aromatic rings. The largest absolute Gasteiger partial charge is 0.491 e. The molecular formula is C13H14N2O3. The summed E-state index contributed by atoms with van der Waals surface area (Å²) >= 11 is 0. The molecule has 5 nitrogen and oxygen atoms in total. The third kappa shape index (κ3) is 2.49. The van der Waals surface area contributed by atoms with Gasteiger partial charge in [0.05, 0.1) is 6.07 Å². The van der Waals surface area contributed by atoms with Gasteiger partial charge in [0.2, 0.25) is 6.79 Å². The Balaban J connectivity index is 1.57. The Bertz CT molecular complexity index is 480. The van der Waals surface area contributed by atoms with Gasteiger partial charge in [-0.2, -0.15) is 5.26 Å². The summed E-state index contributed by atoms with van der Waals surface area (Å²) < 4.78 is 16.1. The third-order valence-corrected chi connectivity index (χ3v) is 2.93. The fourth-order valence-corrected chi connectivity index (χ4v) is 1.80. The maximum Gasteiger partial charge on any atom is 0.231 e. The van der Waals surface area contributed by atoms with Crippen molar-refractivity contribution in [1.82, 2.24) is 5.32 Å². The molecule has 5 heteroatoms. The fourth-order valence-electron chi connectivity index (χ4n) is 1.80. The van der Waals surface area contributed by atoms with Crippen molar-refractivity contribution in [1.29, 1.82) is 5.26 Å². The van der Waals surface area contributed by atoms with Crippen molar-refractivity contribution in [2.75, 3.05) is 13.4 Å². The smallest absolute Gasteiger partial charge is 0.231 e. The molecule has 1 saturated carbocycles. The van der Waals surface area contributed by atoms with Gasteiger partial charge in [0.25, 0.3) is 0 Å². The number of nitrogens with one attached hydrogen (secondary N) is 1. The lowest BCUT2D eigenvalue weighted by Crippen LogP contribution is -2.34. The van der Waals surface area contributed by atoms with Crippen molar-refractivity contribution in [2.45, 2.75) is 24.9 Å². The molecule has 18 heavy (non-hydrogen) atoms. The molecule has 1 fully saturated rings. The van der Waals surface area contributed by atoms with E-state index in [1.54, 1.807) is 6.07 Å². The van der Waals surface area contributed by atoms with E-state index in [1.807, 2.05) is 12.1 Å². The minimum absolute atomic E-state index is 0.253. The number of rotatable bonds is 5. The molecular weight excluding hydrogens is 232 g/mol. The Morgan fingerprint density at radius 3 is 3.00 bits per heavy atom. The van der Waals surface area contributed by atoms with Crippen LogP contribution < -0.4 is 19.5 Å². The van der Waals surface area contributed by atoms with Crippen LogP contribution in [0.4, 0.5) is 0 Å². The first-order valence-electron chi connectivity index (χ1n) is 6.03. The molecule has 0 saturated heterocycles. The number of ether oxygens (including phenoxy) is 3. The third-order valence-electron chi connectivity index (χ3n) is 2.93. The van der Waals surface area contributed by atoms with E-state index < -0.39 is 0 Å². The highest BCUT2D eigenvalue weighted by molar-refractivity contribution is 5.46. The summed E-state index contributed by atoms with van der Waals surface area (Å²) in [5.74, 6) is 2.11. The van der Waals surface area contributed by atoms with Gasteiger partial charge in [-0.25, -0.2) is 0 Å². The fraction of sp³-hybridized carbons (Fsp3) is 0.462. The normalized spacial score (nSPS) is 18.2. The number of benzene rings is 1. The van der Waals surface area contributed by atoms with Crippen LogP contribution >= 0.6 is 0 Å². The summed E-state index contributed by atoms with van der Waals surface area (Å²) in [5.41, 5.74) is 0. The van der Waals surface area contributed by atoms with E-state index in [1.165, 1.54) is 0 Å². The molecule has 1 heterocycles. The van der Waals surface area contributed by atoms with Crippen molar-refractivity contribution in [3.63, 3.8) is 0 Å². The summed E-state index contributed by atoms with van der Waals surface area (Å²) in [6, 6.07) is 7.86. The summed E-state index contributed by atoms with van der Waals surface area (Å²) in [6.07, 6.45) is 2.31. The summed E-state index contributed by atoms with van der Waals surface area (Å²) in [7, 11) is 0. The van der Waals surface area contributed by atoms with Gasteiger partial charge < -0.3 is 14.2 Å². The van der Waals surface area contributed by atoms with Gasteiger partial charge in [-0.3, -0.25) is 5.32 Å². The second-order valence-electron chi connectivity index (χ2n) is 4.45. The van der Waals surface area contributed by atoms with Gasteiger partial charge in [-0.1, -0.05) is 0 Å². The Hall–Kier alpha value is -1.93. The zero-order valence-electron chi connectivity index (χ0n) is 9.89. The monoisotopic (exact) mass is 246 g/mol. The first-order valence-corrected chi connectivity index (χ1v) is 6.03. The van der Waals surface area contributed by atoms with Crippen LogP contribution in [0.1, 0.15) is 12.8 Å². The van der Waals surface area contributed by atoms with E-state index in [9.17, 15) is 0 Å². The zero-order chi connectivity index (χ0) is 12.4. The van der Waals surface area contributed by atoms with Gasteiger partial charge in [-0.15, -0.1) is 0 Å². The van der Waals surface area contributed by atoms with Crippen LogP contribution in [0.15, 0.2) is 18.2 Å². The molecule has 2 aliphatic rings.